The van der Waals surface area contributed by atoms with Crippen LogP contribution in [-0.4, -0.2) is 22.5 Å². The summed E-state index contributed by atoms with van der Waals surface area (Å²) in [5, 5.41) is 11.5. The molecule has 0 fully saturated rings. The summed E-state index contributed by atoms with van der Waals surface area (Å²) in [6.07, 6.45) is 1.96. The monoisotopic (exact) mass is 281 g/mol. The highest BCUT2D eigenvalue weighted by Crippen LogP contribution is 2.19. The minimum absolute atomic E-state index is 0.0197. The number of hydrogen-bond donors (Lipinski definition) is 2. The van der Waals surface area contributed by atoms with E-state index in [4.69, 9.17) is 9.52 Å². The molecule has 1 amide bonds. The van der Waals surface area contributed by atoms with E-state index in [1.54, 1.807) is 19.9 Å². The molecule has 0 aromatic carbocycles. The highest BCUT2D eigenvalue weighted by molar-refractivity contribution is 5.92. The van der Waals surface area contributed by atoms with E-state index < -0.39 is 11.5 Å². The lowest BCUT2D eigenvalue weighted by Crippen LogP contribution is -2.43. The summed E-state index contributed by atoms with van der Waals surface area (Å²) < 4.78 is 5.56. The fourth-order valence-electron chi connectivity index (χ4n) is 2.03. The molecule has 0 unspecified atom stereocenters. The zero-order valence-corrected chi connectivity index (χ0v) is 12.6. The number of furan rings is 1. The zero-order chi connectivity index (χ0) is 15.3. The molecule has 5 nitrogen and oxygen atoms in total. The predicted octanol–water partition coefficient (Wildman–Crippen LogP) is 2.78. The summed E-state index contributed by atoms with van der Waals surface area (Å²) in [5.41, 5.74) is 0.460. The van der Waals surface area contributed by atoms with Crippen LogP contribution in [0.5, 0.6) is 0 Å². The van der Waals surface area contributed by atoms with Gasteiger partial charge >= 0.3 is 5.97 Å². The van der Waals surface area contributed by atoms with Gasteiger partial charge in [-0.25, -0.2) is 0 Å². The number of hydrogen-bond acceptors (Lipinski definition) is 3. The first-order valence-electron chi connectivity index (χ1n) is 6.95. The maximum atomic E-state index is 12.2. The lowest BCUT2D eigenvalue weighted by Gasteiger charge is -2.24. The van der Waals surface area contributed by atoms with Crippen LogP contribution in [0.3, 0.4) is 0 Å². The van der Waals surface area contributed by atoms with Gasteiger partial charge in [-0.05, 0) is 38.3 Å². The van der Waals surface area contributed by atoms with Gasteiger partial charge in [-0.3, -0.25) is 9.59 Å². The van der Waals surface area contributed by atoms with Gasteiger partial charge in [0, 0.05) is 18.4 Å². The summed E-state index contributed by atoms with van der Waals surface area (Å²) in [4.78, 5) is 22.7. The Hall–Kier alpha value is -1.78. The Bertz CT molecular complexity index is 467. The van der Waals surface area contributed by atoms with E-state index in [0.29, 0.717) is 12.2 Å². The summed E-state index contributed by atoms with van der Waals surface area (Å²) in [6.45, 7) is 7.61. The maximum absolute atomic E-state index is 12.2. The smallest absolute Gasteiger partial charge is 0.303 e. The van der Waals surface area contributed by atoms with Crippen molar-refractivity contribution in [2.24, 2.45) is 0 Å². The van der Waals surface area contributed by atoms with Crippen LogP contribution in [0.2, 0.25) is 0 Å². The average Bonchev–Trinajstić information content (AvgIpc) is 2.79. The highest BCUT2D eigenvalue weighted by atomic mass is 16.4. The molecule has 0 radical (unpaired) electrons. The molecule has 0 aliphatic carbocycles. The first-order valence-corrected chi connectivity index (χ1v) is 6.95. The second-order valence-corrected chi connectivity index (χ2v) is 5.50. The normalized spacial score (nSPS) is 11.4. The lowest BCUT2D eigenvalue weighted by molar-refractivity contribution is -0.137. The molecule has 1 heterocycles. The predicted molar refractivity (Wildman–Crippen MR) is 75.9 cm³/mol. The topological polar surface area (TPSA) is 79.5 Å². The number of carboxylic acids is 1. The van der Waals surface area contributed by atoms with Gasteiger partial charge in [-0.1, -0.05) is 13.8 Å². The third-order valence-electron chi connectivity index (χ3n) is 3.24. The molecule has 0 saturated carbocycles. The van der Waals surface area contributed by atoms with Gasteiger partial charge in [0.05, 0.1) is 0 Å². The van der Waals surface area contributed by atoms with Gasteiger partial charge < -0.3 is 14.8 Å². The molecule has 0 spiro atoms. The molecule has 112 valence electrons. The summed E-state index contributed by atoms with van der Waals surface area (Å²) in [7, 11) is 0. The molecular weight excluding hydrogens is 258 g/mol. The Labute approximate surface area is 119 Å². The number of carbonyl (C=O) groups is 2. The third-order valence-corrected chi connectivity index (χ3v) is 3.24. The molecule has 1 aromatic rings. The van der Waals surface area contributed by atoms with Crippen LogP contribution in [0.4, 0.5) is 0 Å². The number of aliphatic carboxylic acids is 1. The van der Waals surface area contributed by atoms with E-state index in [1.807, 2.05) is 13.8 Å². The summed E-state index contributed by atoms with van der Waals surface area (Å²) in [5.74, 6) is -0.0373. The first kappa shape index (κ1) is 16.3. The number of aryl methyl sites for hydroxylation is 2. The van der Waals surface area contributed by atoms with E-state index in [-0.39, 0.29) is 12.3 Å². The minimum Gasteiger partial charge on any atom is -0.481 e. The van der Waals surface area contributed by atoms with Gasteiger partial charge in [0.1, 0.15) is 5.76 Å². The Kier molecular flexibility index (Phi) is 5.36. The van der Waals surface area contributed by atoms with Crippen LogP contribution in [0, 0.1) is 0 Å². The van der Waals surface area contributed by atoms with Crippen LogP contribution >= 0.6 is 0 Å². The third kappa shape index (κ3) is 4.40. The summed E-state index contributed by atoms with van der Waals surface area (Å²) >= 11 is 0. The zero-order valence-electron chi connectivity index (χ0n) is 12.6. The van der Waals surface area contributed by atoms with Crippen LogP contribution in [0.25, 0.3) is 0 Å². The molecular formula is C15H23NO4. The highest BCUT2D eigenvalue weighted by Gasteiger charge is 2.24. The summed E-state index contributed by atoms with van der Waals surface area (Å²) in [6, 6.07) is 1.77. The van der Waals surface area contributed by atoms with Crippen molar-refractivity contribution in [3.05, 3.63) is 23.2 Å². The Morgan fingerprint density at radius 2 is 1.95 bits per heavy atom. The van der Waals surface area contributed by atoms with Crippen molar-refractivity contribution in [2.75, 3.05) is 0 Å². The van der Waals surface area contributed by atoms with Crippen molar-refractivity contribution < 1.29 is 19.1 Å². The van der Waals surface area contributed by atoms with Crippen molar-refractivity contribution in [3.63, 3.8) is 0 Å². The standard InChI is InChI=1S/C15H23NO4/c1-5-10-9-12(20-11(10)6-2)14(19)16-15(3,4)8-7-13(17)18/h9H,5-8H2,1-4H3,(H,16,19)(H,17,18). The molecule has 0 atom stereocenters. The fourth-order valence-corrected chi connectivity index (χ4v) is 2.03. The minimum atomic E-state index is -0.869. The molecule has 2 N–H and O–H groups in total. The number of carboxylic acid groups (broad SMARTS) is 1. The van der Waals surface area contributed by atoms with Gasteiger partial charge in [-0.2, -0.15) is 0 Å². The van der Waals surface area contributed by atoms with E-state index in [9.17, 15) is 9.59 Å². The molecule has 1 aromatic heterocycles. The van der Waals surface area contributed by atoms with E-state index in [2.05, 4.69) is 5.32 Å². The number of carbonyl (C=O) groups excluding carboxylic acids is 1. The Balaban J connectivity index is 2.75. The van der Waals surface area contributed by atoms with Crippen molar-refractivity contribution in [3.8, 4) is 0 Å². The number of rotatable bonds is 7. The maximum Gasteiger partial charge on any atom is 0.303 e. The van der Waals surface area contributed by atoms with E-state index in [1.165, 1.54) is 0 Å². The second-order valence-electron chi connectivity index (χ2n) is 5.50. The number of amides is 1. The van der Waals surface area contributed by atoms with Crippen LogP contribution in [-0.2, 0) is 17.6 Å². The molecule has 0 aliphatic heterocycles. The largest absolute Gasteiger partial charge is 0.481 e. The Morgan fingerprint density at radius 1 is 1.30 bits per heavy atom. The second kappa shape index (κ2) is 6.59. The molecule has 0 saturated heterocycles. The SMILES string of the molecule is CCc1cc(C(=O)NC(C)(C)CCC(=O)O)oc1CC. The van der Waals surface area contributed by atoms with Crippen LogP contribution in [0.1, 0.15) is 62.4 Å². The quantitative estimate of drug-likeness (QED) is 0.805. The van der Waals surface area contributed by atoms with E-state index >= 15 is 0 Å². The van der Waals surface area contributed by atoms with Crippen molar-refractivity contribution in [1.29, 1.82) is 0 Å². The lowest BCUT2D eigenvalue weighted by atomic mass is 9.98. The van der Waals surface area contributed by atoms with E-state index in [0.717, 1.165) is 24.2 Å². The fraction of sp³-hybridized carbons (Fsp3) is 0.600. The van der Waals surface area contributed by atoms with Gasteiger partial charge in [0.25, 0.3) is 5.91 Å². The number of nitrogens with one attached hydrogen (secondary N) is 1. The molecule has 5 heteroatoms. The first-order chi connectivity index (χ1) is 9.29. The van der Waals surface area contributed by atoms with Crippen molar-refractivity contribution in [1.82, 2.24) is 5.32 Å². The molecule has 20 heavy (non-hydrogen) atoms. The van der Waals surface area contributed by atoms with Crippen molar-refractivity contribution in [2.45, 2.75) is 58.9 Å². The van der Waals surface area contributed by atoms with Crippen molar-refractivity contribution >= 4 is 11.9 Å². The molecule has 0 bridgehead atoms. The van der Waals surface area contributed by atoms with Crippen LogP contribution in [0.15, 0.2) is 10.5 Å². The van der Waals surface area contributed by atoms with Gasteiger partial charge in [0.2, 0.25) is 0 Å². The Morgan fingerprint density at radius 3 is 2.40 bits per heavy atom. The molecule has 1 rings (SSSR count). The average molecular weight is 281 g/mol. The van der Waals surface area contributed by atoms with Gasteiger partial charge in [-0.15, -0.1) is 0 Å². The van der Waals surface area contributed by atoms with Gasteiger partial charge in [0.15, 0.2) is 5.76 Å². The van der Waals surface area contributed by atoms with Crippen LogP contribution < -0.4 is 5.32 Å². The molecule has 0 aliphatic rings.